The molecular formula is C15H17FN2O2. The van der Waals surface area contributed by atoms with Crippen LogP contribution in [0.15, 0.2) is 23.1 Å². The zero-order valence-electron chi connectivity index (χ0n) is 11.3. The summed E-state index contributed by atoms with van der Waals surface area (Å²) in [7, 11) is 0. The molecule has 0 saturated carbocycles. The van der Waals surface area contributed by atoms with E-state index >= 15 is 0 Å². The summed E-state index contributed by atoms with van der Waals surface area (Å²) in [6.07, 6.45) is 3.30. The van der Waals surface area contributed by atoms with Crippen LogP contribution in [0.2, 0.25) is 0 Å². The Labute approximate surface area is 116 Å². The highest BCUT2D eigenvalue weighted by molar-refractivity contribution is 5.86. The zero-order chi connectivity index (χ0) is 14.1. The van der Waals surface area contributed by atoms with Gasteiger partial charge in [0, 0.05) is 11.6 Å². The van der Waals surface area contributed by atoms with Crippen molar-refractivity contribution < 1.29 is 9.13 Å². The molecule has 0 aliphatic carbocycles. The Hall–Kier alpha value is -1.88. The molecule has 0 radical (unpaired) electrons. The molecule has 1 saturated heterocycles. The van der Waals surface area contributed by atoms with E-state index < -0.39 is 5.82 Å². The number of aromatic amines is 1. The monoisotopic (exact) mass is 276 g/mol. The number of hydrogen-bond donors (Lipinski definition) is 2. The molecule has 0 unspecified atom stereocenters. The largest absolute Gasteiger partial charge is 0.487 e. The fraction of sp³-hybridized carbons (Fsp3) is 0.400. The molecule has 3 rings (SSSR count). The van der Waals surface area contributed by atoms with Gasteiger partial charge in [-0.05, 0) is 50.6 Å². The number of fused-ring (bicyclic) bond motifs is 1. The van der Waals surface area contributed by atoms with Crippen LogP contribution in [0.3, 0.4) is 0 Å². The van der Waals surface area contributed by atoms with Crippen molar-refractivity contribution in [2.45, 2.75) is 25.9 Å². The topological polar surface area (TPSA) is 54.1 Å². The molecule has 1 aliphatic rings. The summed E-state index contributed by atoms with van der Waals surface area (Å²) in [6.45, 7) is 3.55. The van der Waals surface area contributed by atoms with E-state index in [0.29, 0.717) is 16.3 Å². The quantitative estimate of drug-likeness (QED) is 0.883. The maximum absolute atomic E-state index is 14.6. The van der Waals surface area contributed by atoms with E-state index in [9.17, 15) is 9.18 Å². The van der Waals surface area contributed by atoms with Crippen LogP contribution >= 0.6 is 0 Å². The van der Waals surface area contributed by atoms with E-state index in [1.807, 2.05) is 0 Å². The number of hydrogen-bond acceptors (Lipinski definition) is 3. The first-order valence-corrected chi connectivity index (χ1v) is 6.84. The van der Waals surface area contributed by atoms with E-state index in [2.05, 4.69) is 10.3 Å². The van der Waals surface area contributed by atoms with Crippen LogP contribution in [0.4, 0.5) is 4.39 Å². The summed E-state index contributed by atoms with van der Waals surface area (Å²) < 4.78 is 20.3. The molecule has 2 heterocycles. The Morgan fingerprint density at radius 2 is 2.05 bits per heavy atom. The van der Waals surface area contributed by atoms with Crippen molar-refractivity contribution in [3.05, 3.63) is 40.1 Å². The highest BCUT2D eigenvalue weighted by Gasteiger charge is 2.18. The average Bonchev–Trinajstić information content (AvgIpc) is 2.46. The van der Waals surface area contributed by atoms with Gasteiger partial charge < -0.3 is 15.0 Å². The third-order valence-electron chi connectivity index (χ3n) is 3.75. The molecule has 0 atom stereocenters. The predicted molar refractivity (Wildman–Crippen MR) is 75.8 cm³/mol. The number of rotatable bonds is 2. The zero-order valence-corrected chi connectivity index (χ0v) is 11.3. The first-order chi connectivity index (χ1) is 9.66. The van der Waals surface area contributed by atoms with Crippen LogP contribution in [0, 0.1) is 12.7 Å². The molecular weight excluding hydrogens is 259 g/mol. The minimum absolute atomic E-state index is 0.0329. The third kappa shape index (κ3) is 2.29. The van der Waals surface area contributed by atoms with Gasteiger partial charge in [-0.3, -0.25) is 4.79 Å². The second kappa shape index (κ2) is 5.25. The average molecular weight is 276 g/mol. The minimum Gasteiger partial charge on any atom is -0.487 e. The van der Waals surface area contributed by atoms with Gasteiger partial charge in [-0.1, -0.05) is 0 Å². The van der Waals surface area contributed by atoms with Crippen molar-refractivity contribution in [2.24, 2.45) is 0 Å². The van der Waals surface area contributed by atoms with Crippen molar-refractivity contribution in [1.29, 1.82) is 0 Å². The van der Waals surface area contributed by atoms with Gasteiger partial charge in [0.05, 0.1) is 5.39 Å². The smallest absolute Gasteiger partial charge is 0.255 e. The summed E-state index contributed by atoms with van der Waals surface area (Å²) in [4.78, 5) is 14.3. The Morgan fingerprint density at radius 1 is 1.30 bits per heavy atom. The van der Waals surface area contributed by atoms with Gasteiger partial charge in [0.2, 0.25) is 0 Å². The lowest BCUT2D eigenvalue weighted by molar-refractivity contribution is 0.156. The SMILES string of the molecule is Cc1c[nH]c(=O)c2ccc(OC3CCNCC3)c(F)c12. The number of piperidine rings is 1. The number of aromatic nitrogens is 1. The number of nitrogens with one attached hydrogen (secondary N) is 2. The summed E-state index contributed by atoms with van der Waals surface area (Å²) >= 11 is 0. The Balaban J connectivity index is 2.02. The van der Waals surface area contributed by atoms with E-state index in [0.717, 1.165) is 25.9 Å². The molecule has 0 amide bonds. The highest BCUT2D eigenvalue weighted by atomic mass is 19.1. The molecule has 20 heavy (non-hydrogen) atoms. The molecule has 2 aromatic rings. The van der Waals surface area contributed by atoms with Crippen LogP contribution in [0.1, 0.15) is 18.4 Å². The van der Waals surface area contributed by atoms with Crippen LogP contribution in [0.5, 0.6) is 5.75 Å². The van der Waals surface area contributed by atoms with Crippen molar-refractivity contribution in [3.8, 4) is 5.75 Å². The molecule has 1 aromatic heterocycles. The summed E-state index contributed by atoms with van der Waals surface area (Å²) in [5.41, 5.74) is 0.422. The first kappa shape index (κ1) is 13.1. The van der Waals surface area contributed by atoms with Crippen molar-refractivity contribution in [3.63, 3.8) is 0 Å². The minimum atomic E-state index is -0.440. The fourth-order valence-electron chi connectivity index (χ4n) is 2.64. The van der Waals surface area contributed by atoms with E-state index in [4.69, 9.17) is 4.74 Å². The van der Waals surface area contributed by atoms with Crippen molar-refractivity contribution in [1.82, 2.24) is 10.3 Å². The highest BCUT2D eigenvalue weighted by Crippen LogP contribution is 2.28. The lowest BCUT2D eigenvalue weighted by Crippen LogP contribution is -2.34. The molecule has 1 aliphatic heterocycles. The maximum atomic E-state index is 14.6. The van der Waals surface area contributed by atoms with Crippen LogP contribution in [-0.2, 0) is 0 Å². The number of ether oxygens (including phenoxy) is 1. The fourth-order valence-corrected chi connectivity index (χ4v) is 2.64. The first-order valence-electron chi connectivity index (χ1n) is 6.84. The van der Waals surface area contributed by atoms with Gasteiger partial charge in [-0.2, -0.15) is 0 Å². The predicted octanol–water partition coefficient (Wildman–Crippen LogP) is 2.11. The molecule has 2 N–H and O–H groups in total. The summed E-state index contributed by atoms with van der Waals surface area (Å²) in [5, 5.41) is 3.95. The van der Waals surface area contributed by atoms with Crippen molar-refractivity contribution >= 4 is 10.8 Å². The lowest BCUT2D eigenvalue weighted by atomic mass is 10.1. The summed E-state index contributed by atoms with van der Waals surface area (Å²) in [5.74, 6) is -0.206. The molecule has 4 nitrogen and oxygen atoms in total. The maximum Gasteiger partial charge on any atom is 0.255 e. The van der Waals surface area contributed by atoms with Gasteiger partial charge in [0.1, 0.15) is 6.10 Å². The molecule has 0 spiro atoms. The number of benzene rings is 1. The summed E-state index contributed by atoms with van der Waals surface area (Å²) in [6, 6.07) is 3.18. The Bertz CT molecular complexity index is 690. The molecule has 106 valence electrons. The molecule has 0 bridgehead atoms. The van der Waals surface area contributed by atoms with E-state index in [-0.39, 0.29) is 17.4 Å². The van der Waals surface area contributed by atoms with Gasteiger partial charge in [-0.25, -0.2) is 4.39 Å². The van der Waals surface area contributed by atoms with Crippen LogP contribution < -0.4 is 15.6 Å². The lowest BCUT2D eigenvalue weighted by Gasteiger charge is -2.24. The standard InChI is InChI=1S/C15H17FN2O2/c1-9-8-18-15(19)11-2-3-12(14(16)13(9)11)20-10-4-6-17-7-5-10/h2-3,8,10,17H,4-7H2,1H3,(H,18,19). The number of H-pyrrole nitrogens is 1. The second-order valence-electron chi connectivity index (χ2n) is 5.17. The van der Waals surface area contributed by atoms with Gasteiger partial charge >= 0.3 is 0 Å². The molecule has 1 fully saturated rings. The Morgan fingerprint density at radius 3 is 2.80 bits per heavy atom. The number of halogens is 1. The molecule has 1 aromatic carbocycles. The van der Waals surface area contributed by atoms with E-state index in [1.54, 1.807) is 19.1 Å². The van der Waals surface area contributed by atoms with Gasteiger partial charge in [0.15, 0.2) is 11.6 Å². The number of aryl methyl sites for hydroxylation is 1. The van der Waals surface area contributed by atoms with Crippen molar-refractivity contribution in [2.75, 3.05) is 13.1 Å². The third-order valence-corrected chi connectivity index (χ3v) is 3.75. The Kier molecular flexibility index (Phi) is 3.44. The second-order valence-corrected chi connectivity index (χ2v) is 5.17. The normalized spacial score (nSPS) is 16.5. The van der Waals surface area contributed by atoms with Crippen LogP contribution in [-0.4, -0.2) is 24.2 Å². The van der Waals surface area contributed by atoms with Gasteiger partial charge in [-0.15, -0.1) is 0 Å². The molecule has 5 heteroatoms. The van der Waals surface area contributed by atoms with Gasteiger partial charge in [0.25, 0.3) is 5.56 Å². The van der Waals surface area contributed by atoms with E-state index in [1.165, 1.54) is 6.20 Å². The van der Waals surface area contributed by atoms with Crippen LogP contribution in [0.25, 0.3) is 10.8 Å². The number of pyridine rings is 1.